The Bertz CT molecular complexity index is 719. The van der Waals surface area contributed by atoms with Gasteiger partial charge < -0.3 is 10.2 Å². The lowest BCUT2D eigenvalue weighted by Crippen LogP contribution is -2.23. The molecule has 0 atom stereocenters. The molecular weight excluding hydrogens is 248 g/mol. The average Bonchev–Trinajstić information content (AvgIpc) is 2.33. The van der Waals surface area contributed by atoms with Crippen molar-refractivity contribution in [2.75, 3.05) is 0 Å². The highest BCUT2D eigenvalue weighted by Crippen LogP contribution is 2.17. The molecule has 0 radical (unpaired) electrons. The van der Waals surface area contributed by atoms with Crippen LogP contribution in [-0.4, -0.2) is 26.0 Å². The third-order valence-electron chi connectivity index (χ3n) is 2.92. The van der Waals surface area contributed by atoms with Crippen molar-refractivity contribution in [2.45, 2.75) is 13.8 Å². The molecule has 2 N–H and O–H groups in total. The molecule has 1 aromatic heterocycles. The topological polar surface area (TPSA) is 92.4 Å². The fourth-order valence-corrected chi connectivity index (χ4v) is 1.74. The molecular formula is C13H12N2O4. The number of hydrogen-bond acceptors (Lipinski definition) is 4. The van der Waals surface area contributed by atoms with Gasteiger partial charge in [-0.2, -0.15) is 9.78 Å². The molecule has 0 unspecified atom stereocenters. The average molecular weight is 260 g/mol. The summed E-state index contributed by atoms with van der Waals surface area (Å²) in [5.41, 5.74) is 1.12. The van der Waals surface area contributed by atoms with Gasteiger partial charge in [-0.05, 0) is 31.0 Å². The number of carboxylic acid groups (broad SMARTS) is 1. The van der Waals surface area contributed by atoms with Crippen LogP contribution in [0, 0.1) is 13.8 Å². The van der Waals surface area contributed by atoms with Gasteiger partial charge in [-0.1, -0.05) is 12.1 Å². The lowest BCUT2D eigenvalue weighted by Gasteiger charge is -2.10. The van der Waals surface area contributed by atoms with E-state index in [2.05, 4.69) is 5.10 Å². The zero-order valence-corrected chi connectivity index (χ0v) is 10.4. The summed E-state index contributed by atoms with van der Waals surface area (Å²) in [5, 5.41) is 22.0. The van der Waals surface area contributed by atoms with E-state index in [1.54, 1.807) is 12.1 Å². The molecule has 0 aliphatic heterocycles. The second kappa shape index (κ2) is 4.56. The molecule has 0 aliphatic rings. The first-order valence-electron chi connectivity index (χ1n) is 5.55. The molecule has 19 heavy (non-hydrogen) atoms. The van der Waals surface area contributed by atoms with E-state index < -0.39 is 23.0 Å². The minimum atomic E-state index is -1.39. The molecule has 1 aromatic carbocycles. The Morgan fingerprint density at radius 1 is 1.32 bits per heavy atom. The number of carbonyl (C=O) groups is 1. The molecule has 98 valence electrons. The van der Waals surface area contributed by atoms with Crippen LogP contribution in [0.3, 0.4) is 0 Å². The van der Waals surface area contributed by atoms with Crippen LogP contribution >= 0.6 is 0 Å². The summed E-state index contributed by atoms with van der Waals surface area (Å²) in [5.74, 6) is -2.03. The fraction of sp³-hybridized carbons (Fsp3) is 0.154. The van der Waals surface area contributed by atoms with Crippen LogP contribution in [0.25, 0.3) is 5.69 Å². The molecule has 6 heteroatoms. The van der Waals surface area contributed by atoms with E-state index in [9.17, 15) is 14.7 Å². The Kier molecular flexibility index (Phi) is 3.08. The van der Waals surface area contributed by atoms with Crippen LogP contribution in [0.2, 0.25) is 0 Å². The van der Waals surface area contributed by atoms with Gasteiger partial charge in [0.2, 0.25) is 5.69 Å². The number of nitrogens with zero attached hydrogens (tertiary/aromatic N) is 2. The van der Waals surface area contributed by atoms with Crippen LogP contribution in [0.5, 0.6) is 5.75 Å². The van der Waals surface area contributed by atoms with Gasteiger partial charge in [0.15, 0.2) is 5.75 Å². The van der Waals surface area contributed by atoms with Gasteiger partial charge >= 0.3 is 5.97 Å². The van der Waals surface area contributed by atoms with Crippen molar-refractivity contribution in [3.63, 3.8) is 0 Å². The van der Waals surface area contributed by atoms with Gasteiger partial charge in [-0.3, -0.25) is 4.79 Å². The summed E-state index contributed by atoms with van der Waals surface area (Å²) in [7, 11) is 0. The number of carboxylic acids is 1. The van der Waals surface area contributed by atoms with Crippen LogP contribution in [0.1, 0.15) is 21.6 Å². The Balaban J connectivity index is 2.76. The van der Waals surface area contributed by atoms with Gasteiger partial charge in [0.1, 0.15) is 0 Å². The molecule has 0 amide bonds. The maximum atomic E-state index is 11.8. The van der Waals surface area contributed by atoms with E-state index in [4.69, 9.17) is 5.11 Å². The molecule has 0 aliphatic carbocycles. The number of aryl methyl sites for hydroxylation is 1. The summed E-state index contributed by atoms with van der Waals surface area (Å²) >= 11 is 0. The molecule has 0 spiro atoms. The van der Waals surface area contributed by atoms with Gasteiger partial charge in [-0.25, -0.2) is 4.79 Å². The van der Waals surface area contributed by atoms with Gasteiger partial charge in [0.25, 0.3) is 5.56 Å². The lowest BCUT2D eigenvalue weighted by molar-refractivity contribution is 0.0684. The Morgan fingerprint density at radius 3 is 2.63 bits per heavy atom. The molecule has 1 heterocycles. The maximum Gasteiger partial charge on any atom is 0.360 e. The summed E-state index contributed by atoms with van der Waals surface area (Å²) < 4.78 is 0.978. The van der Waals surface area contributed by atoms with Gasteiger partial charge in [0.05, 0.1) is 5.69 Å². The Morgan fingerprint density at radius 2 is 2.00 bits per heavy atom. The predicted octanol–water partition coefficient (Wildman–Crippen LogP) is 1.25. The third kappa shape index (κ3) is 2.20. The van der Waals surface area contributed by atoms with Crippen molar-refractivity contribution >= 4 is 5.97 Å². The minimum absolute atomic E-state index is 0.493. The monoisotopic (exact) mass is 260 g/mol. The first-order chi connectivity index (χ1) is 8.91. The van der Waals surface area contributed by atoms with Crippen molar-refractivity contribution in [2.24, 2.45) is 0 Å². The fourth-order valence-electron chi connectivity index (χ4n) is 1.74. The number of aromatic carboxylic acids is 1. The minimum Gasteiger partial charge on any atom is -0.505 e. The molecule has 0 fully saturated rings. The van der Waals surface area contributed by atoms with Crippen LogP contribution in [-0.2, 0) is 0 Å². The summed E-state index contributed by atoms with van der Waals surface area (Å²) in [6.45, 7) is 3.69. The predicted molar refractivity (Wildman–Crippen MR) is 67.9 cm³/mol. The van der Waals surface area contributed by atoms with E-state index in [0.717, 1.165) is 21.9 Å². The molecule has 2 rings (SSSR count). The zero-order valence-electron chi connectivity index (χ0n) is 10.4. The van der Waals surface area contributed by atoms with Crippen molar-refractivity contribution in [3.8, 4) is 11.4 Å². The van der Waals surface area contributed by atoms with E-state index >= 15 is 0 Å². The normalized spacial score (nSPS) is 10.4. The van der Waals surface area contributed by atoms with Gasteiger partial charge in [-0.15, -0.1) is 0 Å². The first-order valence-corrected chi connectivity index (χ1v) is 5.55. The second-order valence-corrected chi connectivity index (χ2v) is 4.15. The van der Waals surface area contributed by atoms with Crippen LogP contribution in [0.15, 0.2) is 29.1 Å². The van der Waals surface area contributed by atoms with Crippen molar-refractivity contribution in [1.82, 2.24) is 9.78 Å². The number of aromatic hydroxyl groups is 1. The van der Waals surface area contributed by atoms with Crippen LogP contribution in [0.4, 0.5) is 0 Å². The maximum absolute atomic E-state index is 11.8. The number of benzene rings is 1. The number of rotatable bonds is 2. The largest absolute Gasteiger partial charge is 0.505 e. The van der Waals surface area contributed by atoms with Crippen LogP contribution < -0.4 is 5.56 Å². The SMILES string of the molecule is Cc1cccc(-n2nc(C(=O)O)c(O)cc2=O)c1C. The van der Waals surface area contributed by atoms with Gasteiger partial charge in [0, 0.05) is 6.07 Å². The lowest BCUT2D eigenvalue weighted by atomic mass is 10.1. The summed E-state index contributed by atoms with van der Waals surface area (Å²) in [6.07, 6.45) is 0. The summed E-state index contributed by atoms with van der Waals surface area (Å²) in [6, 6.07) is 6.14. The number of aromatic nitrogens is 2. The third-order valence-corrected chi connectivity index (χ3v) is 2.92. The standard InChI is InChI=1S/C13H12N2O4/c1-7-4-3-5-9(8(7)2)15-11(17)6-10(16)12(14-15)13(18)19/h3-6,16H,1-2H3,(H,18,19). The van der Waals surface area contributed by atoms with Crippen molar-refractivity contribution < 1.29 is 15.0 Å². The summed E-state index contributed by atoms with van der Waals surface area (Å²) in [4.78, 5) is 22.8. The van der Waals surface area contributed by atoms with E-state index in [-0.39, 0.29) is 0 Å². The molecule has 0 bridgehead atoms. The van der Waals surface area contributed by atoms with Crippen molar-refractivity contribution in [3.05, 3.63) is 51.4 Å². The second-order valence-electron chi connectivity index (χ2n) is 4.15. The highest BCUT2D eigenvalue weighted by atomic mass is 16.4. The highest BCUT2D eigenvalue weighted by molar-refractivity contribution is 5.88. The quantitative estimate of drug-likeness (QED) is 0.847. The first kappa shape index (κ1) is 12.8. The number of hydrogen-bond donors (Lipinski definition) is 2. The van der Waals surface area contributed by atoms with E-state index in [1.165, 1.54) is 0 Å². The molecule has 6 nitrogen and oxygen atoms in total. The molecule has 0 saturated carbocycles. The Hall–Kier alpha value is -2.63. The molecule has 2 aromatic rings. The van der Waals surface area contributed by atoms with E-state index in [1.807, 2.05) is 19.9 Å². The Labute approximate surface area is 108 Å². The van der Waals surface area contributed by atoms with Crippen molar-refractivity contribution in [1.29, 1.82) is 0 Å². The van der Waals surface area contributed by atoms with E-state index in [0.29, 0.717) is 5.69 Å². The molecule has 0 saturated heterocycles. The smallest absolute Gasteiger partial charge is 0.360 e. The highest BCUT2D eigenvalue weighted by Gasteiger charge is 2.16. The zero-order chi connectivity index (χ0) is 14.2.